The molecule has 1 aromatic carbocycles. The van der Waals surface area contributed by atoms with Gasteiger partial charge in [0.1, 0.15) is 0 Å². The average Bonchev–Trinajstić information content (AvgIpc) is 2.66. The number of ether oxygens (including phenoxy) is 1. The first kappa shape index (κ1) is 26.2. The number of carbonyl (C=O) groups excluding carboxylic acids is 1. The maximum atomic E-state index is 13.2. The van der Waals surface area contributed by atoms with E-state index in [0.717, 1.165) is 6.92 Å². The van der Waals surface area contributed by atoms with Crippen molar-refractivity contribution in [3.8, 4) is 0 Å². The lowest BCUT2D eigenvalue weighted by atomic mass is 9.96. The van der Waals surface area contributed by atoms with Crippen molar-refractivity contribution in [3.63, 3.8) is 0 Å². The van der Waals surface area contributed by atoms with Crippen molar-refractivity contribution >= 4 is 31.6 Å². The molecule has 0 bridgehead atoms. The average molecular weight is 512 g/mol. The Hall–Kier alpha value is -2.07. The van der Waals surface area contributed by atoms with E-state index in [0.29, 0.717) is 6.07 Å². The summed E-state index contributed by atoms with van der Waals surface area (Å²) < 4.78 is 131. The number of sulfonamides is 2. The summed E-state index contributed by atoms with van der Waals surface area (Å²) in [4.78, 5) is 14.1. The maximum absolute atomic E-state index is 13.2. The molecule has 1 amide bonds. The highest BCUT2D eigenvalue weighted by Gasteiger charge is 2.62. The van der Waals surface area contributed by atoms with Crippen LogP contribution in [0.25, 0.3) is 0 Å². The van der Waals surface area contributed by atoms with Crippen LogP contribution in [0.3, 0.4) is 0 Å². The van der Waals surface area contributed by atoms with Crippen molar-refractivity contribution in [1.82, 2.24) is 4.90 Å². The Morgan fingerprint density at radius 1 is 0.875 bits per heavy atom. The Kier molecular flexibility index (Phi) is 6.85. The molecular formula is C16H18F6N2O6S2. The Morgan fingerprint density at radius 2 is 1.31 bits per heavy atom. The number of halogens is 6. The van der Waals surface area contributed by atoms with Gasteiger partial charge >= 0.3 is 31.1 Å². The van der Waals surface area contributed by atoms with E-state index in [2.05, 4.69) is 0 Å². The summed E-state index contributed by atoms with van der Waals surface area (Å²) in [5.41, 5.74) is -15.1. The Morgan fingerprint density at radius 3 is 1.72 bits per heavy atom. The number of amides is 1. The van der Waals surface area contributed by atoms with Crippen LogP contribution in [0.5, 0.6) is 0 Å². The number of nitrogens with zero attached hydrogens (tertiary/aromatic N) is 2. The zero-order valence-electron chi connectivity index (χ0n) is 16.8. The molecule has 0 N–H and O–H groups in total. The Labute approximate surface area is 179 Å². The van der Waals surface area contributed by atoms with Crippen LogP contribution >= 0.6 is 0 Å². The second-order valence-electron chi connectivity index (χ2n) is 6.82. The molecule has 1 aliphatic rings. The fourth-order valence-electron chi connectivity index (χ4n) is 2.95. The number of anilines is 1. The molecule has 1 heterocycles. The predicted octanol–water partition coefficient (Wildman–Crippen LogP) is 2.59. The highest BCUT2D eigenvalue weighted by atomic mass is 32.3. The third-order valence-corrected chi connectivity index (χ3v) is 8.56. The van der Waals surface area contributed by atoms with E-state index in [1.54, 1.807) is 0 Å². The van der Waals surface area contributed by atoms with Crippen molar-refractivity contribution in [2.75, 3.05) is 30.0 Å². The van der Waals surface area contributed by atoms with E-state index < -0.39 is 57.5 Å². The molecule has 0 atom stereocenters. The molecule has 0 radical (unpaired) electrons. The summed E-state index contributed by atoms with van der Waals surface area (Å²) in [6, 6.07) is 0.419. The van der Waals surface area contributed by atoms with Crippen LogP contribution in [0, 0.1) is 20.8 Å². The second-order valence-corrected chi connectivity index (χ2v) is 10.6. The first-order chi connectivity index (χ1) is 14.4. The molecule has 182 valence electrons. The predicted molar refractivity (Wildman–Crippen MR) is 99.8 cm³/mol. The SMILES string of the molecule is Cc1c(C(=O)N2CCOCC2)cc(N(S(=O)(=O)C(F)(F)F)S(=O)(=O)C(F)(F)F)c(C)c1C. The molecule has 1 saturated heterocycles. The molecule has 0 spiro atoms. The van der Waals surface area contributed by atoms with Gasteiger partial charge < -0.3 is 9.64 Å². The highest BCUT2D eigenvalue weighted by Crippen LogP contribution is 2.41. The van der Waals surface area contributed by atoms with Gasteiger partial charge in [-0.2, -0.15) is 43.2 Å². The van der Waals surface area contributed by atoms with Gasteiger partial charge in [0.15, 0.2) is 0 Å². The minimum atomic E-state index is -7.07. The molecule has 1 aromatic rings. The summed E-state index contributed by atoms with van der Waals surface area (Å²) in [7, 11) is -14.1. The van der Waals surface area contributed by atoms with Crippen LogP contribution in [0.4, 0.5) is 32.0 Å². The van der Waals surface area contributed by atoms with Crippen molar-refractivity contribution in [2.24, 2.45) is 0 Å². The first-order valence-corrected chi connectivity index (χ1v) is 11.6. The monoisotopic (exact) mass is 512 g/mol. The van der Waals surface area contributed by atoms with E-state index in [1.807, 2.05) is 0 Å². The van der Waals surface area contributed by atoms with Crippen LogP contribution in [0.15, 0.2) is 6.07 Å². The van der Waals surface area contributed by atoms with Crippen LogP contribution in [-0.4, -0.2) is 65.0 Å². The zero-order valence-corrected chi connectivity index (χ0v) is 18.5. The number of benzene rings is 1. The highest BCUT2D eigenvalue weighted by molar-refractivity contribution is 8.11. The number of alkyl halides is 6. The van der Waals surface area contributed by atoms with Crippen molar-refractivity contribution in [3.05, 3.63) is 28.3 Å². The van der Waals surface area contributed by atoms with Gasteiger partial charge in [0.05, 0.1) is 18.9 Å². The molecule has 1 aliphatic heterocycles. The van der Waals surface area contributed by atoms with Gasteiger partial charge in [0.2, 0.25) is 0 Å². The number of carbonyl (C=O) groups is 1. The van der Waals surface area contributed by atoms with Gasteiger partial charge in [0.25, 0.3) is 5.91 Å². The fourth-order valence-corrected chi connectivity index (χ4v) is 5.77. The van der Waals surface area contributed by atoms with E-state index in [-0.39, 0.29) is 37.4 Å². The van der Waals surface area contributed by atoms with Gasteiger partial charge in [-0.25, -0.2) is 0 Å². The second kappa shape index (κ2) is 8.37. The van der Waals surface area contributed by atoms with E-state index in [1.165, 1.54) is 18.7 Å². The molecule has 0 saturated carbocycles. The normalized spacial score (nSPS) is 16.2. The molecule has 1 fully saturated rings. The number of hydrogen-bond donors (Lipinski definition) is 0. The fraction of sp³-hybridized carbons (Fsp3) is 0.562. The van der Waals surface area contributed by atoms with Gasteiger partial charge in [0, 0.05) is 18.7 Å². The van der Waals surface area contributed by atoms with E-state index in [9.17, 15) is 48.0 Å². The molecule has 8 nitrogen and oxygen atoms in total. The minimum absolute atomic E-state index is 0.0566. The van der Waals surface area contributed by atoms with E-state index >= 15 is 0 Å². The van der Waals surface area contributed by atoms with E-state index in [4.69, 9.17) is 4.74 Å². The lowest BCUT2D eigenvalue weighted by Crippen LogP contribution is -2.50. The molecule has 2 rings (SSSR count). The van der Waals surface area contributed by atoms with Gasteiger partial charge in [-0.05, 0) is 43.5 Å². The van der Waals surface area contributed by atoms with Crippen molar-refractivity contribution < 1.29 is 52.7 Å². The maximum Gasteiger partial charge on any atom is 0.517 e. The standard InChI is InChI=1S/C16H18F6N2O6S2/c1-9-10(2)12(14(25)23-4-6-30-7-5-23)8-13(11(9)3)24(31(26,27)15(17,18)19)32(28,29)16(20,21)22/h8H,4-7H2,1-3H3. The number of hydrogen-bond acceptors (Lipinski definition) is 6. The van der Waals surface area contributed by atoms with Gasteiger partial charge in [-0.15, -0.1) is 3.71 Å². The van der Waals surface area contributed by atoms with Crippen molar-refractivity contribution in [2.45, 2.75) is 31.8 Å². The lowest BCUT2D eigenvalue weighted by molar-refractivity contribution is -0.0462. The molecule has 0 aliphatic carbocycles. The summed E-state index contributed by atoms with van der Waals surface area (Å²) >= 11 is 0. The third-order valence-electron chi connectivity index (χ3n) is 4.94. The van der Waals surface area contributed by atoms with Gasteiger partial charge in [-0.3, -0.25) is 4.79 Å². The minimum Gasteiger partial charge on any atom is -0.378 e. The van der Waals surface area contributed by atoms with Crippen molar-refractivity contribution in [1.29, 1.82) is 0 Å². The quantitative estimate of drug-likeness (QED) is 0.575. The Balaban J connectivity index is 2.88. The molecule has 32 heavy (non-hydrogen) atoms. The molecule has 0 unspecified atom stereocenters. The van der Waals surface area contributed by atoms with Crippen LogP contribution < -0.4 is 3.71 Å². The molecular weight excluding hydrogens is 494 g/mol. The van der Waals surface area contributed by atoms with Crippen LogP contribution in [-0.2, 0) is 24.8 Å². The molecule has 0 aromatic heterocycles. The summed E-state index contributed by atoms with van der Waals surface area (Å²) in [5, 5.41) is 0. The number of morpholine rings is 1. The zero-order chi connectivity index (χ0) is 24.9. The van der Waals surface area contributed by atoms with Crippen LogP contribution in [0.2, 0.25) is 0 Å². The summed E-state index contributed by atoms with van der Waals surface area (Å²) in [6.07, 6.45) is 0. The first-order valence-electron chi connectivity index (χ1n) is 8.76. The molecule has 16 heteroatoms. The smallest absolute Gasteiger partial charge is 0.378 e. The number of rotatable bonds is 4. The lowest BCUT2D eigenvalue weighted by Gasteiger charge is -2.30. The van der Waals surface area contributed by atoms with Gasteiger partial charge in [-0.1, -0.05) is 0 Å². The summed E-state index contributed by atoms with van der Waals surface area (Å²) in [6.45, 7) is 3.88. The summed E-state index contributed by atoms with van der Waals surface area (Å²) in [5.74, 6) is -0.830. The largest absolute Gasteiger partial charge is 0.517 e. The van der Waals surface area contributed by atoms with Crippen LogP contribution in [0.1, 0.15) is 27.0 Å². The Bertz CT molecular complexity index is 1080. The third kappa shape index (κ3) is 4.39. The topological polar surface area (TPSA) is 101 Å².